The third-order valence-corrected chi connectivity index (χ3v) is 3.27. The van der Waals surface area contributed by atoms with Gasteiger partial charge >= 0.3 is 0 Å². The van der Waals surface area contributed by atoms with E-state index in [1.54, 1.807) is 12.1 Å². The van der Waals surface area contributed by atoms with Gasteiger partial charge in [0, 0.05) is 23.4 Å². The summed E-state index contributed by atoms with van der Waals surface area (Å²) in [5.74, 6) is -0.533. The molecular weight excluding hydrogens is 315 g/mol. The van der Waals surface area contributed by atoms with E-state index in [0.29, 0.717) is 17.0 Å². The summed E-state index contributed by atoms with van der Waals surface area (Å²) < 4.78 is 18.6. The van der Waals surface area contributed by atoms with Crippen molar-refractivity contribution in [3.05, 3.63) is 82.4 Å². The van der Waals surface area contributed by atoms with E-state index in [0.717, 1.165) is 0 Å². The Bertz CT molecular complexity index is 903. The second-order valence-corrected chi connectivity index (χ2v) is 4.93. The molecule has 120 valence electrons. The van der Waals surface area contributed by atoms with Crippen LogP contribution in [-0.2, 0) is 0 Å². The summed E-state index contributed by atoms with van der Waals surface area (Å²) in [6.45, 7) is 0. The molecule has 3 rings (SSSR count). The van der Waals surface area contributed by atoms with Gasteiger partial charge in [-0.1, -0.05) is 6.07 Å². The number of hydrogen-bond acceptors (Lipinski definition) is 4. The number of amides is 1. The highest BCUT2D eigenvalue weighted by molar-refractivity contribution is 6.02. The summed E-state index contributed by atoms with van der Waals surface area (Å²) in [6.07, 6.45) is 0. The molecular formula is C17H11FN2O4. The van der Waals surface area contributed by atoms with Crippen LogP contribution in [0.2, 0.25) is 0 Å². The maximum atomic E-state index is 13.1. The maximum absolute atomic E-state index is 13.1. The first-order chi connectivity index (χ1) is 11.5. The number of benzene rings is 2. The van der Waals surface area contributed by atoms with E-state index >= 15 is 0 Å². The number of non-ortho nitro benzene ring substituents is 1. The summed E-state index contributed by atoms with van der Waals surface area (Å²) in [4.78, 5) is 22.2. The molecule has 7 heteroatoms. The minimum atomic E-state index is -0.520. The van der Waals surface area contributed by atoms with Crippen molar-refractivity contribution in [2.24, 2.45) is 0 Å². The van der Waals surface area contributed by atoms with E-state index in [4.69, 9.17) is 4.42 Å². The Balaban J connectivity index is 1.77. The quantitative estimate of drug-likeness (QED) is 0.574. The Morgan fingerprint density at radius 3 is 2.50 bits per heavy atom. The molecule has 2 aromatic carbocycles. The van der Waals surface area contributed by atoms with E-state index in [2.05, 4.69) is 5.32 Å². The topological polar surface area (TPSA) is 85.4 Å². The van der Waals surface area contributed by atoms with Crippen molar-refractivity contribution in [2.75, 3.05) is 5.32 Å². The zero-order valence-electron chi connectivity index (χ0n) is 12.2. The van der Waals surface area contributed by atoms with Gasteiger partial charge in [0.2, 0.25) is 0 Å². The van der Waals surface area contributed by atoms with Crippen LogP contribution in [0.5, 0.6) is 0 Å². The summed E-state index contributed by atoms with van der Waals surface area (Å²) in [6, 6.07) is 14.3. The Kier molecular flexibility index (Phi) is 4.07. The van der Waals surface area contributed by atoms with E-state index < -0.39 is 16.6 Å². The first-order valence-corrected chi connectivity index (χ1v) is 6.94. The molecule has 0 unspecified atom stereocenters. The number of hydrogen-bond donors (Lipinski definition) is 1. The number of anilines is 1. The third kappa shape index (κ3) is 3.30. The molecule has 0 saturated heterocycles. The van der Waals surface area contributed by atoms with Crippen molar-refractivity contribution < 1.29 is 18.5 Å². The lowest BCUT2D eigenvalue weighted by atomic mass is 10.1. The third-order valence-electron chi connectivity index (χ3n) is 3.27. The largest absolute Gasteiger partial charge is 0.451 e. The van der Waals surface area contributed by atoms with Crippen LogP contribution in [0.15, 0.2) is 65.1 Å². The Labute approximate surface area is 135 Å². The summed E-state index contributed by atoms with van der Waals surface area (Å²) >= 11 is 0. The van der Waals surface area contributed by atoms with Gasteiger partial charge in [-0.05, 0) is 42.5 Å². The molecule has 1 heterocycles. The predicted octanol–water partition coefficient (Wildman–Crippen LogP) is 4.25. The van der Waals surface area contributed by atoms with Gasteiger partial charge in [0.15, 0.2) is 5.76 Å². The van der Waals surface area contributed by atoms with Gasteiger partial charge in [-0.2, -0.15) is 0 Å². The minimum Gasteiger partial charge on any atom is -0.451 e. The maximum Gasteiger partial charge on any atom is 0.291 e. The highest BCUT2D eigenvalue weighted by Crippen LogP contribution is 2.25. The van der Waals surface area contributed by atoms with Gasteiger partial charge in [-0.25, -0.2) is 4.39 Å². The lowest BCUT2D eigenvalue weighted by molar-refractivity contribution is -0.384. The molecule has 0 aliphatic rings. The van der Waals surface area contributed by atoms with Crippen molar-refractivity contribution in [1.82, 2.24) is 0 Å². The standard InChI is InChI=1S/C17H11FN2O4/c18-12-2-1-3-13(10-12)19-17(21)16-9-8-15(24-16)11-4-6-14(7-5-11)20(22)23/h1-10H,(H,19,21). The molecule has 24 heavy (non-hydrogen) atoms. The highest BCUT2D eigenvalue weighted by atomic mass is 19.1. The van der Waals surface area contributed by atoms with Crippen LogP contribution in [0, 0.1) is 15.9 Å². The molecule has 0 bridgehead atoms. The predicted molar refractivity (Wildman–Crippen MR) is 85.2 cm³/mol. The average Bonchev–Trinajstić information content (AvgIpc) is 3.05. The fraction of sp³-hybridized carbons (Fsp3) is 0. The molecule has 1 N–H and O–H groups in total. The number of carbonyl (C=O) groups is 1. The van der Waals surface area contributed by atoms with Crippen molar-refractivity contribution in [3.63, 3.8) is 0 Å². The van der Waals surface area contributed by atoms with Crippen LogP contribution in [-0.4, -0.2) is 10.8 Å². The van der Waals surface area contributed by atoms with Crippen molar-refractivity contribution in [3.8, 4) is 11.3 Å². The van der Waals surface area contributed by atoms with Gasteiger partial charge in [0.1, 0.15) is 11.6 Å². The Hall–Kier alpha value is -3.48. The first-order valence-electron chi connectivity index (χ1n) is 6.94. The highest BCUT2D eigenvalue weighted by Gasteiger charge is 2.13. The van der Waals surface area contributed by atoms with Crippen LogP contribution < -0.4 is 5.32 Å². The fourth-order valence-electron chi connectivity index (χ4n) is 2.12. The molecule has 0 saturated carbocycles. The average molecular weight is 326 g/mol. The summed E-state index contributed by atoms with van der Waals surface area (Å²) in [5, 5.41) is 13.2. The van der Waals surface area contributed by atoms with Gasteiger partial charge in [-0.15, -0.1) is 0 Å². The zero-order valence-corrected chi connectivity index (χ0v) is 12.2. The van der Waals surface area contributed by atoms with Gasteiger partial charge < -0.3 is 9.73 Å². The number of nitrogens with one attached hydrogen (secondary N) is 1. The second-order valence-electron chi connectivity index (χ2n) is 4.93. The number of nitro benzene ring substituents is 1. The minimum absolute atomic E-state index is 0.0330. The lowest BCUT2D eigenvalue weighted by Crippen LogP contribution is -2.10. The second kappa shape index (κ2) is 6.33. The fourth-order valence-corrected chi connectivity index (χ4v) is 2.12. The van der Waals surface area contributed by atoms with Crippen molar-refractivity contribution in [2.45, 2.75) is 0 Å². The zero-order chi connectivity index (χ0) is 17.1. The van der Waals surface area contributed by atoms with Crippen molar-refractivity contribution >= 4 is 17.3 Å². The summed E-state index contributed by atoms with van der Waals surface area (Å²) in [7, 11) is 0. The SMILES string of the molecule is O=C(Nc1cccc(F)c1)c1ccc(-c2ccc([N+](=O)[O-])cc2)o1. The molecule has 0 fully saturated rings. The Morgan fingerprint density at radius 2 is 1.83 bits per heavy atom. The van der Waals surface area contributed by atoms with E-state index in [1.165, 1.54) is 48.5 Å². The van der Waals surface area contributed by atoms with Crippen molar-refractivity contribution in [1.29, 1.82) is 0 Å². The number of halogens is 1. The molecule has 0 spiro atoms. The molecule has 0 aliphatic heterocycles. The van der Waals surface area contributed by atoms with Crippen LogP contribution in [0.4, 0.5) is 15.8 Å². The molecule has 1 aromatic heterocycles. The smallest absolute Gasteiger partial charge is 0.291 e. The van der Waals surface area contributed by atoms with E-state index in [-0.39, 0.29) is 11.4 Å². The van der Waals surface area contributed by atoms with Gasteiger partial charge in [-0.3, -0.25) is 14.9 Å². The molecule has 0 atom stereocenters. The van der Waals surface area contributed by atoms with Crippen LogP contribution in [0.3, 0.4) is 0 Å². The van der Waals surface area contributed by atoms with Crippen LogP contribution in [0.1, 0.15) is 10.6 Å². The number of nitro groups is 1. The van der Waals surface area contributed by atoms with Crippen LogP contribution in [0.25, 0.3) is 11.3 Å². The van der Waals surface area contributed by atoms with E-state index in [9.17, 15) is 19.3 Å². The van der Waals surface area contributed by atoms with Crippen LogP contribution >= 0.6 is 0 Å². The lowest BCUT2D eigenvalue weighted by Gasteiger charge is -2.03. The van der Waals surface area contributed by atoms with Gasteiger partial charge in [0.25, 0.3) is 11.6 Å². The number of rotatable bonds is 4. The number of nitrogens with zero attached hydrogens (tertiary/aromatic N) is 1. The van der Waals surface area contributed by atoms with E-state index in [1.807, 2.05) is 0 Å². The Morgan fingerprint density at radius 1 is 1.08 bits per heavy atom. The first kappa shape index (κ1) is 15.4. The normalized spacial score (nSPS) is 10.4. The molecule has 1 amide bonds. The number of carbonyl (C=O) groups excluding carboxylic acids is 1. The molecule has 0 aliphatic carbocycles. The number of furan rings is 1. The molecule has 0 radical (unpaired) electrons. The van der Waals surface area contributed by atoms with Gasteiger partial charge in [0.05, 0.1) is 4.92 Å². The monoisotopic (exact) mass is 326 g/mol. The molecule has 6 nitrogen and oxygen atoms in total. The summed E-state index contributed by atoms with van der Waals surface area (Å²) in [5.41, 5.74) is 0.882. The molecule has 3 aromatic rings.